The molecule has 2 fully saturated rings. The van der Waals surface area contributed by atoms with E-state index in [-0.39, 0.29) is 30.1 Å². The Bertz CT molecular complexity index is 1250. The molecule has 0 radical (unpaired) electrons. The van der Waals surface area contributed by atoms with Gasteiger partial charge in [0.05, 0.1) is 40.9 Å². The van der Waals surface area contributed by atoms with Crippen molar-refractivity contribution >= 4 is 45.0 Å². The number of rotatable bonds is 5. The van der Waals surface area contributed by atoms with Crippen molar-refractivity contribution in [2.45, 2.75) is 39.2 Å². The number of esters is 1. The number of carbonyl (C=O) groups excluding carboxylic acids is 3. The fourth-order valence-corrected chi connectivity index (χ4v) is 5.89. The van der Waals surface area contributed by atoms with E-state index >= 15 is 0 Å². The van der Waals surface area contributed by atoms with Gasteiger partial charge in [0.25, 0.3) is 5.91 Å². The van der Waals surface area contributed by atoms with Crippen LogP contribution in [0.25, 0.3) is 20.8 Å². The Morgan fingerprint density at radius 1 is 1.18 bits per heavy atom. The zero-order valence-electron chi connectivity index (χ0n) is 19.3. The Morgan fingerprint density at radius 3 is 2.74 bits per heavy atom. The molecule has 0 bridgehead atoms. The number of thiazole rings is 1. The van der Waals surface area contributed by atoms with Crippen molar-refractivity contribution in [1.29, 1.82) is 0 Å². The van der Waals surface area contributed by atoms with Gasteiger partial charge >= 0.3 is 5.97 Å². The van der Waals surface area contributed by atoms with E-state index < -0.39 is 6.04 Å². The molecule has 1 aromatic heterocycles. The van der Waals surface area contributed by atoms with Crippen LogP contribution in [0.1, 0.15) is 31.7 Å². The lowest BCUT2D eigenvalue weighted by atomic mass is 9.96. The number of aryl methyl sites for hydroxylation is 1. The predicted molar refractivity (Wildman–Crippen MR) is 132 cm³/mol. The zero-order chi connectivity index (χ0) is 23.8. The number of hydrogen-bond acceptors (Lipinski definition) is 7. The van der Waals surface area contributed by atoms with Gasteiger partial charge in [0.1, 0.15) is 5.01 Å². The van der Waals surface area contributed by atoms with Gasteiger partial charge in [-0.1, -0.05) is 6.07 Å². The molecule has 2 aliphatic rings. The normalized spacial score (nSPS) is 21.4. The molecule has 0 spiro atoms. The number of amides is 2. The van der Waals surface area contributed by atoms with Gasteiger partial charge in [-0.15, -0.1) is 11.3 Å². The first-order valence-electron chi connectivity index (χ1n) is 11.7. The molecular weight excluding hydrogens is 450 g/mol. The van der Waals surface area contributed by atoms with Gasteiger partial charge in [0.2, 0.25) is 5.91 Å². The van der Waals surface area contributed by atoms with Crippen molar-refractivity contribution in [3.63, 3.8) is 0 Å². The van der Waals surface area contributed by atoms with Crippen LogP contribution in [0.5, 0.6) is 0 Å². The molecule has 5 rings (SSSR count). The Labute approximate surface area is 202 Å². The standard InChI is InChI=1S/C26H27N3O4S/c1-3-33-26(32)18-5-4-12-28(15-18)21-14-23(30)29(25(21)31)19-9-7-17(8-10-19)24-27-20-11-6-16(2)13-22(20)34-24/h6-11,13,18,21H,3-5,12,14-15H2,1-2H3/t18-,21-/m1/s1. The second-order valence-electron chi connectivity index (χ2n) is 8.91. The fourth-order valence-electron chi connectivity index (χ4n) is 4.82. The average Bonchev–Trinajstić information content (AvgIpc) is 3.39. The summed E-state index contributed by atoms with van der Waals surface area (Å²) < 4.78 is 6.31. The molecule has 3 heterocycles. The van der Waals surface area contributed by atoms with Gasteiger partial charge in [-0.3, -0.25) is 19.3 Å². The molecule has 34 heavy (non-hydrogen) atoms. The van der Waals surface area contributed by atoms with Crippen molar-refractivity contribution in [2.75, 3.05) is 24.6 Å². The summed E-state index contributed by atoms with van der Waals surface area (Å²) in [5.74, 6) is -0.904. The molecule has 2 aromatic carbocycles. The maximum atomic E-state index is 13.3. The highest BCUT2D eigenvalue weighted by molar-refractivity contribution is 7.21. The smallest absolute Gasteiger partial charge is 0.310 e. The fraction of sp³-hybridized carbons (Fsp3) is 0.385. The van der Waals surface area contributed by atoms with Crippen molar-refractivity contribution in [3.8, 4) is 10.6 Å². The highest BCUT2D eigenvalue weighted by Gasteiger charge is 2.44. The average molecular weight is 478 g/mol. The molecule has 7 nitrogen and oxygen atoms in total. The maximum absolute atomic E-state index is 13.3. The van der Waals surface area contributed by atoms with E-state index in [0.29, 0.717) is 25.4 Å². The number of aromatic nitrogens is 1. The molecule has 0 aliphatic carbocycles. The SMILES string of the molecule is CCOC(=O)[C@@H]1CCCN([C@@H]2CC(=O)N(c3ccc(-c4nc5ccc(C)cc5s4)cc3)C2=O)C1. The second-order valence-corrected chi connectivity index (χ2v) is 9.94. The Kier molecular flexibility index (Phi) is 6.18. The zero-order valence-corrected chi connectivity index (χ0v) is 20.1. The lowest BCUT2D eigenvalue weighted by Crippen LogP contribution is -2.48. The van der Waals surface area contributed by atoms with Crippen molar-refractivity contribution in [2.24, 2.45) is 5.92 Å². The molecule has 8 heteroatoms. The Morgan fingerprint density at radius 2 is 1.97 bits per heavy atom. The topological polar surface area (TPSA) is 79.8 Å². The first-order chi connectivity index (χ1) is 16.4. The molecule has 0 saturated carbocycles. The lowest BCUT2D eigenvalue weighted by molar-refractivity contribution is -0.150. The summed E-state index contributed by atoms with van der Waals surface area (Å²) in [6.07, 6.45) is 1.69. The van der Waals surface area contributed by atoms with E-state index in [1.165, 1.54) is 10.5 Å². The molecule has 176 valence electrons. The molecule has 2 atom stereocenters. The minimum atomic E-state index is -0.531. The Balaban J connectivity index is 1.32. The largest absolute Gasteiger partial charge is 0.466 e. The number of fused-ring (bicyclic) bond motifs is 1. The monoisotopic (exact) mass is 477 g/mol. The van der Waals surface area contributed by atoms with Crippen LogP contribution in [-0.4, -0.2) is 53.4 Å². The summed E-state index contributed by atoms with van der Waals surface area (Å²) in [5, 5.41) is 0.905. The molecular formula is C26H27N3O4S. The van der Waals surface area contributed by atoms with E-state index in [4.69, 9.17) is 9.72 Å². The molecule has 0 N–H and O–H groups in total. The van der Waals surface area contributed by atoms with Gasteiger partial charge < -0.3 is 4.74 Å². The molecule has 3 aromatic rings. The number of ether oxygens (including phenoxy) is 1. The number of hydrogen-bond donors (Lipinski definition) is 0. The van der Waals surface area contributed by atoms with E-state index in [9.17, 15) is 14.4 Å². The Hall–Kier alpha value is -3.10. The maximum Gasteiger partial charge on any atom is 0.310 e. The van der Waals surface area contributed by atoms with E-state index in [0.717, 1.165) is 33.6 Å². The highest BCUT2D eigenvalue weighted by Crippen LogP contribution is 2.33. The summed E-state index contributed by atoms with van der Waals surface area (Å²) in [7, 11) is 0. The van der Waals surface area contributed by atoms with Gasteiger partial charge in [-0.05, 0) is 75.2 Å². The quantitative estimate of drug-likeness (QED) is 0.405. The number of likely N-dealkylation sites (tertiary alicyclic amines) is 1. The van der Waals surface area contributed by atoms with Gasteiger partial charge in [-0.2, -0.15) is 0 Å². The number of nitrogens with zero attached hydrogens (tertiary/aromatic N) is 3. The van der Waals surface area contributed by atoms with E-state index in [1.807, 2.05) is 41.3 Å². The van der Waals surface area contributed by atoms with Crippen LogP contribution in [0, 0.1) is 12.8 Å². The van der Waals surface area contributed by atoms with Gasteiger partial charge in [0, 0.05) is 12.1 Å². The van der Waals surface area contributed by atoms with Crippen molar-refractivity contribution in [1.82, 2.24) is 9.88 Å². The summed E-state index contributed by atoms with van der Waals surface area (Å²) >= 11 is 1.63. The summed E-state index contributed by atoms with van der Waals surface area (Å²) in [6.45, 7) is 5.34. The highest BCUT2D eigenvalue weighted by atomic mass is 32.1. The van der Waals surface area contributed by atoms with Gasteiger partial charge in [0.15, 0.2) is 0 Å². The molecule has 2 aliphatic heterocycles. The van der Waals surface area contributed by atoms with Crippen LogP contribution in [-0.2, 0) is 19.1 Å². The second kappa shape index (κ2) is 9.27. The van der Waals surface area contributed by atoms with Crippen molar-refractivity contribution in [3.05, 3.63) is 48.0 Å². The minimum Gasteiger partial charge on any atom is -0.466 e. The molecule has 2 saturated heterocycles. The minimum absolute atomic E-state index is 0.132. The van der Waals surface area contributed by atoms with Crippen LogP contribution in [0.3, 0.4) is 0 Å². The number of carbonyl (C=O) groups is 3. The van der Waals surface area contributed by atoms with E-state index in [2.05, 4.69) is 13.0 Å². The van der Waals surface area contributed by atoms with Crippen LogP contribution >= 0.6 is 11.3 Å². The third-order valence-corrected chi connectivity index (χ3v) is 7.62. The van der Waals surface area contributed by atoms with Crippen LogP contribution in [0.4, 0.5) is 5.69 Å². The number of anilines is 1. The van der Waals surface area contributed by atoms with Crippen LogP contribution < -0.4 is 4.90 Å². The number of benzene rings is 2. The first kappa shape index (κ1) is 22.7. The molecule has 0 unspecified atom stereocenters. The summed E-state index contributed by atoms with van der Waals surface area (Å²) in [4.78, 5) is 46.3. The lowest BCUT2D eigenvalue weighted by Gasteiger charge is -2.34. The van der Waals surface area contributed by atoms with Gasteiger partial charge in [-0.25, -0.2) is 9.88 Å². The van der Waals surface area contributed by atoms with E-state index in [1.54, 1.807) is 18.3 Å². The third-order valence-electron chi connectivity index (χ3n) is 6.55. The summed E-state index contributed by atoms with van der Waals surface area (Å²) in [5.41, 5.74) is 3.68. The predicted octanol–water partition coefficient (Wildman–Crippen LogP) is 4.18. The van der Waals surface area contributed by atoms with Crippen LogP contribution in [0.2, 0.25) is 0 Å². The molecule has 2 amide bonds. The number of imide groups is 1. The number of piperidine rings is 1. The summed E-state index contributed by atoms with van der Waals surface area (Å²) in [6, 6.07) is 13.1. The van der Waals surface area contributed by atoms with Crippen molar-refractivity contribution < 1.29 is 19.1 Å². The van der Waals surface area contributed by atoms with Crippen LogP contribution in [0.15, 0.2) is 42.5 Å². The third kappa shape index (κ3) is 4.23. The first-order valence-corrected chi connectivity index (χ1v) is 12.5.